The summed E-state index contributed by atoms with van der Waals surface area (Å²) in [7, 11) is 0. The summed E-state index contributed by atoms with van der Waals surface area (Å²) in [6.07, 6.45) is 1.72. The first-order valence-corrected chi connectivity index (χ1v) is 6.02. The number of anilines is 1. The first-order valence-electron chi connectivity index (χ1n) is 6.02. The van der Waals surface area contributed by atoms with Crippen molar-refractivity contribution in [2.45, 2.75) is 25.8 Å². The third kappa shape index (κ3) is 2.26. The average molecular weight is 234 g/mol. The maximum atomic E-state index is 12.0. The second kappa shape index (κ2) is 5.19. The number of carbonyl (C=O) groups excluding carboxylic acids is 1. The molecule has 1 aliphatic rings. The van der Waals surface area contributed by atoms with Gasteiger partial charge in [-0.25, -0.2) is 0 Å². The van der Waals surface area contributed by atoms with Crippen LogP contribution in [0, 0.1) is 0 Å². The molecule has 0 radical (unpaired) electrons. The maximum Gasteiger partial charge on any atom is 0.265 e. The van der Waals surface area contributed by atoms with Crippen molar-refractivity contribution in [3.05, 3.63) is 24.3 Å². The van der Waals surface area contributed by atoms with Gasteiger partial charge in [0.1, 0.15) is 5.75 Å². The molecule has 0 saturated heterocycles. The summed E-state index contributed by atoms with van der Waals surface area (Å²) >= 11 is 0. The van der Waals surface area contributed by atoms with Gasteiger partial charge in [0.25, 0.3) is 5.91 Å². The fourth-order valence-electron chi connectivity index (χ4n) is 2.23. The van der Waals surface area contributed by atoms with Crippen molar-refractivity contribution >= 4 is 11.6 Å². The number of benzene rings is 1. The van der Waals surface area contributed by atoms with Gasteiger partial charge >= 0.3 is 0 Å². The fourth-order valence-corrected chi connectivity index (χ4v) is 2.23. The van der Waals surface area contributed by atoms with Crippen LogP contribution in [0.15, 0.2) is 24.3 Å². The average Bonchev–Trinajstić information content (AvgIpc) is 2.37. The summed E-state index contributed by atoms with van der Waals surface area (Å²) < 4.78 is 5.42. The van der Waals surface area contributed by atoms with E-state index in [1.807, 2.05) is 29.2 Å². The lowest BCUT2D eigenvalue weighted by atomic mass is 10.1. The Hall–Kier alpha value is -1.55. The normalized spacial score (nSPS) is 16.4. The van der Waals surface area contributed by atoms with E-state index in [0.29, 0.717) is 6.54 Å². The molecule has 1 unspecified atom stereocenters. The SMILES string of the molecule is CCC(CCN)N1C(=O)COc2ccccc21. The Balaban J connectivity index is 2.34. The lowest BCUT2D eigenvalue weighted by Crippen LogP contribution is -2.46. The van der Waals surface area contributed by atoms with Crippen molar-refractivity contribution in [3.8, 4) is 5.75 Å². The van der Waals surface area contributed by atoms with Gasteiger partial charge in [-0.2, -0.15) is 0 Å². The second-order valence-electron chi connectivity index (χ2n) is 4.16. The number of rotatable bonds is 4. The van der Waals surface area contributed by atoms with Gasteiger partial charge in [0.05, 0.1) is 5.69 Å². The molecule has 1 amide bonds. The topological polar surface area (TPSA) is 55.6 Å². The van der Waals surface area contributed by atoms with Crippen LogP contribution >= 0.6 is 0 Å². The van der Waals surface area contributed by atoms with Crippen molar-refractivity contribution in [3.63, 3.8) is 0 Å². The standard InChI is InChI=1S/C13H18N2O2/c1-2-10(7-8-14)15-11-5-3-4-6-12(11)17-9-13(15)16/h3-6,10H,2,7-9,14H2,1H3. The first kappa shape index (κ1) is 11.9. The zero-order valence-corrected chi connectivity index (χ0v) is 10.1. The van der Waals surface area contributed by atoms with Crippen molar-refractivity contribution in [1.29, 1.82) is 0 Å². The quantitative estimate of drug-likeness (QED) is 0.859. The monoisotopic (exact) mass is 234 g/mol. The van der Waals surface area contributed by atoms with Gasteiger partial charge in [0.2, 0.25) is 0 Å². The van der Waals surface area contributed by atoms with Crippen LogP contribution in [0.2, 0.25) is 0 Å². The van der Waals surface area contributed by atoms with E-state index in [2.05, 4.69) is 6.92 Å². The predicted molar refractivity (Wildman–Crippen MR) is 67.2 cm³/mol. The van der Waals surface area contributed by atoms with Gasteiger partial charge in [-0.05, 0) is 31.5 Å². The van der Waals surface area contributed by atoms with Crippen LogP contribution in [-0.2, 0) is 4.79 Å². The summed E-state index contributed by atoms with van der Waals surface area (Å²) in [4.78, 5) is 13.8. The highest BCUT2D eigenvalue weighted by molar-refractivity contribution is 5.98. The minimum atomic E-state index is 0.0176. The highest BCUT2D eigenvalue weighted by Gasteiger charge is 2.29. The molecule has 0 aromatic heterocycles. The van der Waals surface area contributed by atoms with E-state index in [4.69, 9.17) is 10.5 Å². The number of ether oxygens (including phenoxy) is 1. The van der Waals surface area contributed by atoms with Crippen molar-refractivity contribution in [2.24, 2.45) is 5.73 Å². The number of nitrogens with two attached hydrogens (primary N) is 1. The molecule has 4 nitrogen and oxygen atoms in total. The van der Waals surface area contributed by atoms with Crippen molar-refractivity contribution < 1.29 is 9.53 Å². The zero-order valence-electron chi connectivity index (χ0n) is 10.1. The maximum absolute atomic E-state index is 12.0. The molecule has 4 heteroatoms. The summed E-state index contributed by atoms with van der Waals surface area (Å²) in [6.45, 7) is 2.79. The Labute approximate surface area is 101 Å². The molecule has 2 rings (SSSR count). The molecule has 0 aliphatic carbocycles. The smallest absolute Gasteiger partial charge is 0.265 e. The van der Waals surface area contributed by atoms with Crippen molar-refractivity contribution in [1.82, 2.24) is 0 Å². The Kier molecular flexibility index (Phi) is 3.64. The van der Waals surface area contributed by atoms with Gasteiger partial charge in [-0.1, -0.05) is 19.1 Å². The highest BCUT2D eigenvalue weighted by Crippen LogP contribution is 2.33. The van der Waals surface area contributed by atoms with Crippen LogP contribution in [0.3, 0.4) is 0 Å². The lowest BCUT2D eigenvalue weighted by molar-refractivity contribution is -0.121. The number of fused-ring (bicyclic) bond motifs is 1. The summed E-state index contributed by atoms with van der Waals surface area (Å²) in [5.74, 6) is 0.798. The molecule has 1 aliphatic heterocycles. The Bertz CT molecular complexity index is 406. The molecule has 0 fully saturated rings. The molecule has 1 aromatic carbocycles. The fraction of sp³-hybridized carbons (Fsp3) is 0.462. The number of amides is 1. The minimum absolute atomic E-state index is 0.0176. The Morgan fingerprint density at radius 2 is 2.24 bits per heavy atom. The molecule has 0 spiro atoms. The number of nitrogens with zero attached hydrogens (tertiary/aromatic N) is 1. The van der Waals surface area contributed by atoms with E-state index in [9.17, 15) is 4.79 Å². The van der Waals surface area contributed by atoms with Crippen LogP contribution in [0.1, 0.15) is 19.8 Å². The molecular weight excluding hydrogens is 216 g/mol. The van der Waals surface area contributed by atoms with E-state index in [1.165, 1.54) is 0 Å². The van der Waals surface area contributed by atoms with Crippen LogP contribution < -0.4 is 15.4 Å². The van der Waals surface area contributed by atoms with Crippen LogP contribution in [0.4, 0.5) is 5.69 Å². The highest BCUT2D eigenvalue weighted by atomic mass is 16.5. The number of carbonyl (C=O) groups is 1. The Morgan fingerprint density at radius 3 is 2.94 bits per heavy atom. The number of hydrogen-bond acceptors (Lipinski definition) is 3. The summed E-state index contributed by atoms with van der Waals surface area (Å²) in [6, 6.07) is 7.81. The van der Waals surface area contributed by atoms with Gasteiger partial charge in [0, 0.05) is 6.04 Å². The van der Waals surface area contributed by atoms with Gasteiger partial charge in [-0.3, -0.25) is 4.79 Å². The van der Waals surface area contributed by atoms with Crippen LogP contribution in [-0.4, -0.2) is 25.1 Å². The van der Waals surface area contributed by atoms with E-state index in [0.717, 1.165) is 24.3 Å². The molecule has 92 valence electrons. The molecule has 0 saturated carbocycles. The second-order valence-corrected chi connectivity index (χ2v) is 4.16. The molecule has 1 aromatic rings. The van der Waals surface area contributed by atoms with Crippen molar-refractivity contribution in [2.75, 3.05) is 18.1 Å². The summed E-state index contributed by atoms with van der Waals surface area (Å²) in [5.41, 5.74) is 6.47. The minimum Gasteiger partial charge on any atom is -0.482 e. The van der Waals surface area contributed by atoms with Crippen LogP contribution in [0.5, 0.6) is 5.75 Å². The largest absolute Gasteiger partial charge is 0.482 e. The molecule has 0 bridgehead atoms. The van der Waals surface area contributed by atoms with E-state index in [1.54, 1.807) is 0 Å². The lowest BCUT2D eigenvalue weighted by Gasteiger charge is -2.35. The number of hydrogen-bond donors (Lipinski definition) is 1. The van der Waals surface area contributed by atoms with E-state index < -0.39 is 0 Å². The number of para-hydroxylation sites is 2. The van der Waals surface area contributed by atoms with Gasteiger partial charge < -0.3 is 15.4 Å². The zero-order chi connectivity index (χ0) is 12.3. The summed E-state index contributed by atoms with van der Waals surface area (Å²) in [5, 5.41) is 0. The van der Waals surface area contributed by atoms with Gasteiger partial charge in [0.15, 0.2) is 6.61 Å². The third-order valence-corrected chi connectivity index (χ3v) is 3.08. The molecule has 1 atom stereocenters. The molecule has 2 N–H and O–H groups in total. The first-order chi connectivity index (χ1) is 8.27. The van der Waals surface area contributed by atoms with Gasteiger partial charge in [-0.15, -0.1) is 0 Å². The predicted octanol–water partition coefficient (Wildman–Crippen LogP) is 1.54. The van der Waals surface area contributed by atoms with E-state index >= 15 is 0 Å². The third-order valence-electron chi connectivity index (χ3n) is 3.08. The molecular formula is C13H18N2O2. The Morgan fingerprint density at radius 1 is 1.47 bits per heavy atom. The van der Waals surface area contributed by atoms with Crippen LogP contribution in [0.25, 0.3) is 0 Å². The van der Waals surface area contributed by atoms with E-state index in [-0.39, 0.29) is 18.6 Å². The molecule has 17 heavy (non-hydrogen) atoms. The molecule has 1 heterocycles.